The molecule has 1 amide bonds. The highest BCUT2D eigenvalue weighted by Crippen LogP contribution is 2.34. The minimum atomic E-state index is -4.71. The van der Waals surface area contributed by atoms with Gasteiger partial charge >= 0.3 is 17.4 Å². The first-order valence-electron chi connectivity index (χ1n) is 9.63. The van der Waals surface area contributed by atoms with Gasteiger partial charge < -0.3 is 19.5 Å². The van der Waals surface area contributed by atoms with Crippen molar-refractivity contribution in [2.45, 2.75) is 25.7 Å². The largest absolute Gasteiger partial charge is 0.457 e. The van der Waals surface area contributed by atoms with Gasteiger partial charge in [0.15, 0.2) is 0 Å². The molecule has 178 valence electrons. The molecule has 1 unspecified atom stereocenters. The van der Waals surface area contributed by atoms with Gasteiger partial charge in [0.25, 0.3) is 0 Å². The van der Waals surface area contributed by atoms with Crippen molar-refractivity contribution in [1.82, 2.24) is 5.32 Å². The lowest BCUT2D eigenvalue weighted by atomic mass is 10.1. The van der Waals surface area contributed by atoms with Gasteiger partial charge in [-0.3, -0.25) is 4.79 Å². The van der Waals surface area contributed by atoms with Crippen LogP contribution >= 0.6 is 11.8 Å². The van der Waals surface area contributed by atoms with Crippen LogP contribution in [0.4, 0.5) is 18.0 Å². The van der Waals surface area contributed by atoms with Gasteiger partial charge in [-0.25, -0.2) is 9.59 Å². The predicted octanol–water partition coefficient (Wildman–Crippen LogP) is 4.45. The van der Waals surface area contributed by atoms with E-state index in [9.17, 15) is 27.6 Å². The number of benzene rings is 2. The number of methoxy groups -OCH3 is 1. The summed E-state index contributed by atoms with van der Waals surface area (Å²) in [6.45, 7) is 1.29. The molecule has 0 aliphatic carbocycles. The average molecular weight is 485 g/mol. The minimum Gasteiger partial charge on any atom is -0.457 e. The van der Waals surface area contributed by atoms with E-state index in [0.29, 0.717) is 29.5 Å². The van der Waals surface area contributed by atoms with E-state index < -0.39 is 34.8 Å². The zero-order valence-corrected chi connectivity index (χ0v) is 18.6. The number of thioether (sulfide) groups is 1. The minimum absolute atomic E-state index is 0.0407. The van der Waals surface area contributed by atoms with Crippen molar-refractivity contribution in [3.05, 3.63) is 65.2 Å². The second kappa shape index (κ2) is 12.3. The van der Waals surface area contributed by atoms with E-state index in [-0.39, 0.29) is 30.4 Å². The fraction of sp³-hybridized carbons (Fsp3) is 0.318. The Bertz CT molecular complexity index is 968. The molecule has 11 heteroatoms. The van der Waals surface area contributed by atoms with Crippen LogP contribution in [0.25, 0.3) is 0 Å². The lowest BCUT2D eigenvalue weighted by Crippen LogP contribution is -2.38. The van der Waals surface area contributed by atoms with Crippen LogP contribution in [-0.4, -0.2) is 42.7 Å². The molecule has 2 rings (SSSR count). The van der Waals surface area contributed by atoms with Gasteiger partial charge in [0.1, 0.15) is 17.9 Å². The van der Waals surface area contributed by atoms with Crippen LogP contribution in [0.15, 0.2) is 48.5 Å². The first-order valence-corrected chi connectivity index (χ1v) is 10.6. The molecular formula is C22H22F3NO6S. The molecule has 0 saturated carbocycles. The van der Waals surface area contributed by atoms with E-state index in [1.807, 2.05) is 0 Å². The molecule has 7 nitrogen and oxygen atoms in total. The lowest BCUT2D eigenvalue weighted by Gasteiger charge is -2.16. The third-order valence-corrected chi connectivity index (χ3v) is 5.00. The highest BCUT2D eigenvalue weighted by atomic mass is 32.2. The summed E-state index contributed by atoms with van der Waals surface area (Å²) in [4.78, 5) is 36.0. The van der Waals surface area contributed by atoms with Crippen LogP contribution in [-0.2, 0) is 27.1 Å². The molecule has 0 spiro atoms. The second-order valence-corrected chi connectivity index (χ2v) is 7.74. The zero-order chi connectivity index (χ0) is 24.4. The van der Waals surface area contributed by atoms with Crippen molar-refractivity contribution < 1.29 is 41.8 Å². The molecular weight excluding hydrogens is 463 g/mol. The number of hydrogen-bond donors (Lipinski definition) is 1. The van der Waals surface area contributed by atoms with Crippen LogP contribution in [0, 0.1) is 0 Å². The van der Waals surface area contributed by atoms with Crippen LogP contribution in [0.1, 0.15) is 28.4 Å². The Morgan fingerprint density at radius 2 is 1.79 bits per heavy atom. The van der Waals surface area contributed by atoms with Gasteiger partial charge in [-0.15, -0.1) is 0 Å². The highest BCUT2D eigenvalue weighted by Gasteiger charge is 2.32. The number of halogens is 3. The fourth-order valence-corrected chi connectivity index (χ4v) is 3.33. The quantitative estimate of drug-likeness (QED) is 0.525. The molecule has 2 aromatic rings. The Hall–Kier alpha value is -3.05. The Kier molecular flexibility index (Phi) is 9.74. The molecule has 0 fully saturated rings. The van der Waals surface area contributed by atoms with Gasteiger partial charge in [0.05, 0.1) is 18.2 Å². The van der Waals surface area contributed by atoms with Crippen molar-refractivity contribution in [1.29, 1.82) is 0 Å². The number of amides is 1. The molecule has 0 radical (unpaired) electrons. The number of carbonyl (C=O) groups excluding carboxylic acids is 3. The average Bonchev–Trinajstić information content (AvgIpc) is 2.75. The standard InChI is InChI=1S/C22H22F3NO6S/c1-14(27)26-17(12-30-2)13-33-21(29)32-19-10-16(22(23,24)25)8-9-18(19)20(28)31-11-15-6-4-3-5-7-15/h3-10,17H,11-13H2,1-2H3,(H,26,27). The molecule has 0 bridgehead atoms. The number of nitrogens with one attached hydrogen (secondary N) is 1. The first kappa shape index (κ1) is 26.2. The second-order valence-electron chi connectivity index (χ2n) is 6.79. The Morgan fingerprint density at radius 1 is 1.09 bits per heavy atom. The maximum atomic E-state index is 13.2. The smallest absolute Gasteiger partial charge is 0.416 e. The monoisotopic (exact) mass is 485 g/mol. The summed E-state index contributed by atoms with van der Waals surface area (Å²) in [6.07, 6.45) is -4.71. The number of hydrogen-bond acceptors (Lipinski definition) is 7. The third-order valence-electron chi connectivity index (χ3n) is 4.11. The van der Waals surface area contributed by atoms with Crippen LogP contribution in [0.3, 0.4) is 0 Å². The van der Waals surface area contributed by atoms with Gasteiger partial charge in [0, 0.05) is 19.8 Å². The molecule has 0 aromatic heterocycles. The Labute approximate surface area is 192 Å². The van der Waals surface area contributed by atoms with Crippen molar-refractivity contribution in [3.8, 4) is 5.75 Å². The Morgan fingerprint density at radius 3 is 2.39 bits per heavy atom. The summed E-state index contributed by atoms with van der Waals surface area (Å²) in [6, 6.07) is 10.3. The summed E-state index contributed by atoms with van der Waals surface area (Å²) < 4.78 is 54.6. The van der Waals surface area contributed by atoms with Gasteiger partial charge in [-0.1, -0.05) is 30.3 Å². The summed E-state index contributed by atoms with van der Waals surface area (Å²) in [5, 5.41) is 1.62. The van der Waals surface area contributed by atoms with E-state index >= 15 is 0 Å². The summed E-state index contributed by atoms with van der Waals surface area (Å²) in [5.41, 5.74) is -0.748. The summed E-state index contributed by atoms with van der Waals surface area (Å²) >= 11 is 0.616. The zero-order valence-electron chi connectivity index (χ0n) is 17.8. The lowest BCUT2D eigenvalue weighted by molar-refractivity contribution is -0.137. The molecule has 0 saturated heterocycles. The van der Waals surface area contributed by atoms with E-state index in [4.69, 9.17) is 14.2 Å². The predicted molar refractivity (Wildman–Crippen MR) is 115 cm³/mol. The Balaban J connectivity index is 2.15. The van der Waals surface area contributed by atoms with Crippen molar-refractivity contribution >= 4 is 28.9 Å². The van der Waals surface area contributed by atoms with Crippen LogP contribution in [0.5, 0.6) is 5.75 Å². The number of alkyl halides is 3. The van der Waals surface area contributed by atoms with Crippen molar-refractivity contribution in [2.75, 3.05) is 19.5 Å². The van der Waals surface area contributed by atoms with E-state index in [0.717, 1.165) is 6.07 Å². The summed E-state index contributed by atoms with van der Waals surface area (Å²) in [7, 11) is 1.41. The van der Waals surface area contributed by atoms with E-state index in [1.165, 1.54) is 14.0 Å². The number of esters is 1. The highest BCUT2D eigenvalue weighted by molar-refractivity contribution is 8.13. The SMILES string of the molecule is COCC(CSC(=O)Oc1cc(C(F)(F)F)ccc1C(=O)OCc1ccccc1)NC(C)=O. The molecule has 0 aliphatic heterocycles. The molecule has 2 aromatic carbocycles. The normalized spacial score (nSPS) is 12.0. The van der Waals surface area contributed by atoms with E-state index in [1.54, 1.807) is 30.3 Å². The molecule has 1 N–H and O–H groups in total. The van der Waals surface area contributed by atoms with Gasteiger partial charge in [0.2, 0.25) is 5.91 Å². The van der Waals surface area contributed by atoms with Crippen molar-refractivity contribution in [2.24, 2.45) is 0 Å². The number of carbonyl (C=O) groups is 3. The molecule has 33 heavy (non-hydrogen) atoms. The van der Waals surface area contributed by atoms with Crippen LogP contribution in [0.2, 0.25) is 0 Å². The van der Waals surface area contributed by atoms with Gasteiger partial charge in [-0.05, 0) is 35.5 Å². The molecule has 0 heterocycles. The van der Waals surface area contributed by atoms with E-state index in [2.05, 4.69) is 5.32 Å². The molecule has 0 aliphatic rings. The topological polar surface area (TPSA) is 90.9 Å². The maximum Gasteiger partial charge on any atom is 0.416 e. The van der Waals surface area contributed by atoms with Crippen molar-refractivity contribution in [3.63, 3.8) is 0 Å². The maximum absolute atomic E-state index is 13.2. The summed E-state index contributed by atoms with van der Waals surface area (Å²) in [5.74, 6) is -1.83. The number of rotatable bonds is 9. The van der Waals surface area contributed by atoms with Gasteiger partial charge in [-0.2, -0.15) is 13.2 Å². The fourth-order valence-electron chi connectivity index (χ4n) is 2.66. The molecule has 1 atom stereocenters. The van der Waals surface area contributed by atoms with Crippen LogP contribution < -0.4 is 10.1 Å². The third kappa shape index (κ3) is 8.78. The first-order chi connectivity index (χ1) is 15.6. The number of ether oxygens (including phenoxy) is 3.